The highest BCUT2D eigenvalue weighted by molar-refractivity contribution is 6.23. The van der Waals surface area contributed by atoms with Crippen LogP contribution in [0.25, 0.3) is 5.70 Å². The second kappa shape index (κ2) is 6.84. The number of ketones is 2. The van der Waals surface area contributed by atoms with Crippen molar-refractivity contribution in [1.29, 1.82) is 0 Å². The van der Waals surface area contributed by atoms with E-state index in [1.807, 2.05) is 31.2 Å². The van der Waals surface area contributed by atoms with Crippen LogP contribution in [-0.4, -0.2) is 23.3 Å². The van der Waals surface area contributed by atoms with Gasteiger partial charge in [-0.05, 0) is 36.5 Å². The molecule has 0 amide bonds. The fourth-order valence-corrected chi connectivity index (χ4v) is 5.10. The average molecular weight is 415 g/mol. The Bertz CT molecular complexity index is 1200. The molecular formula is C26H25NO4. The van der Waals surface area contributed by atoms with E-state index in [0.717, 1.165) is 28.9 Å². The molecule has 0 bridgehead atoms. The molecule has 3 aliphatic rings. The molecule has 0 radical (unpaired) electrons. The molecule has 1 heterocycles. The number of phenols is 1. The van der Waals surface area contributed by atoms with E-state index in [0.29, 0.717) is 35.5 Å². The third kappa shape index (κ3) is 2.99. The van der Waals surface area contributed by atoms with Crippen LogP contribution >= 0.6 is 0 Å². The van der Waals surface area contributed by atoms with Gasteiger partial charge in [-0.2, -0.15) is 0 Å². The number of Topliss-reactive ketones (excluding diaryl/α,β-unsaturated/α-hetero) is 2. The smallest absolute Gasteiger partial charge is 0.192 e. The molecule has 0 saturated carbocycles. The average Bonchev–Trinajstić information content (AvgIpc) is 3.00. The summed E-state index contributed by atoms with van der Waals surface area (Å²) in [5, 5.41) is 13.7. The standard InChI is InChI=1S/C26H25NO4/c1-4-31-20-11-14(9-10-18(20)28)21-22-17(12-26(2,3)13-19(22)29)27-24-15-7-5-6-8-16(15)25(30)23(21)24/h5-11,21,27-28H,4,12-13H2,1-3H3. The summed E-state index contributed by atoms with van der Waals surface area (Å²) in [4.78, 5) is 26.8. The number of hydrogen-bond acceptors (Lipinski definition) is 5. The molecule has 2 N–H and O–H groups in total. The van der Waals surface area contributed by atoms with Crippen LogP contribution in [0.5, 0.6) is 11.5 Å². The molecule has 158 valence electrons. The Morgan fingerprint density at radius 3 is 2.55 bits per heavy atom. The first-order chi connectivity index (χ1) is 14.8. The molecule has 31 heavy (non-hydrogen) atoms. The summed E-state index contributed by atoms with van der Waals surface area (Å²) in [7, 11) is 0. The Morgan fingerprint density at radius 1 is 1.06 bits per heavy atom. The van der Waals surface area contributed by atoms with Gasteiger partial charge in [0, 0.05) is 40.3 Å². The molecule has 1 aliphatic heterocycles. The highest BCUT2D eigenvalue weighted by Gasteiger charge is 2.46. The van der Waals surface area contributed by atoms with E-state index in [4.69, 9.17) is 4.74 Å². The number of carbonyl (C=O) groups excluding carboxylic acids is 2. The van der Waals surface area contributed by atoms with Crippen molar-refractivity contribution in [3.63, 3.8) is 0 Å². The largest absolute Gasteiger partial charge is 0.504 e. The minimum absolute atomic E-state index is 0.0417. The maximum atomic E-state index is 13.5. The number of phenolic OH excluding ortho intramolecular Hbond substituents is 1. The number of rotatable bonds is 3. The van der Waals surface area contributed by atoms with Gasteiger partial charge < -0.3 is 15.2 Å². The maximum absolute atomic E-state index is 13.5. The maximum Gasteiger partial charge on any atom is 0.192 e. The first-order valence-electron chi connectivity index (χ1n) is 10.7. The van der Waals surface area contributed by atoms with Gasteiger partial charge in [-0.25, -0.2) is 0 Å². The number of carbonyl (C=O) groups is 2. The van der Waals surface area contributed by atoms with Crippen molar-refractivity contribution in [2.24, 2.45) is 5.41 Å². The van der Waals surface area contributed by atoms with Gasteiger partial charge in [0.25, 0.3) is 0 Å². The molecule has 5 nitrogen and oxygen atoms in total. The molecule has 0 spiro atoms. The first-order valence-corrected chi connectivity index (χ1v) is 10.7. The van der Waals surface area contributed by atoms with Gasteiger partial charge >= 0.3 is 0 Å². The molecule has 0 fully saturated rings. The molecule has 1 atom stereocenters. The fraction of sp³-hybridized carbons (Fsp3) is 0.308. The van der Waals surface area contributed by atoms with Crippen LogP contribution < -0.4 is 10.1 Å². The number of benzene rings is 2. The van der Waals surface area contributed by atoms with E-state index >= 15 is 0 Å². The fourth-order valence-electron chi connectivity index (χ4n) is 5.10. The molecule has 0 aromatic heterocycles. The zero-order chi connectivity index (χ0) is 21.9. The number of allylic oxidation sites excluding steroid dienone is 3. The summed E-state index contributed by atoms with van der Waals surface area (Å²) < 4.78 is 5.60. The van der Waals surface area contributed by atoms with Gasteiger partial charge in [-0.15, -0.1) is 0 Å². The monoisotopic (exact) mass is 415 g/mol. The lowest BCUT2D eigenvalue weighted by atomic mass is 9.68. The van der Waals surface area contributed by atoms with E-state index in [1.165, 1.54) is 0 Å². The molecule has 0 saturated heterocycles. The van der Waals surface area contributed by atoms with Crippen molar-refractivity contribution >= 4 is 17.3 Å². The van der Waals surface area contributed by atoms with Crippen molar-refractivity contribution in [3.05, 3.63) is 76.0 Å². The Hall–Kier alpha value is -3.34. The van der Waals surface area contributed by atoms with Crippen LogP contribution in [0.1, 0.15) is 61.0 Å². The number of aromatic hydroxyl groups is 1. The summed E-state index contributed by atoms with van der Waals surface area (Å²) in [5.74, 6) is -0.0903. The number of dihydropyridines is 1. The summed E-state index contributed by atoms with van der Waals surface area (Å²) in [6, 6.07) is 12.7. The molecule has 2 aliphatic carbocycles. The third-order valence-electron chi connectivity index (χ3n) is 6.35. The Kier molecular flexibility index (Phi) is 4.33. The highest BCUT2D eigenvalue weighted by atomic mass is 16.5. The SMILES string of the molecule is CCOc1cc(C2C3=C(CC(C)(C)CC3=O)NC3=C2C(=O)c2ccccc23)ccc1O. The van der Waals surface area contributed by atoms with Crippen LogP contribution in [0.15, 0.2) is 59.3 Å². The summed E-state index contributed by atoms with van der Waals surface area (Å²) in [6.07, 6.45) is 1.16. The second-order valence-electron chi connectivity index (χ2n) is 9.21. The van der Waals surface area contributed by atoms with Crippen LogP contribution in [0.4, 0.5) is 0 Å². The zero-order valence-electron chi connectivity index (χ0n) is 17.9. The number of hydrogen-bond donors (Lipinski definition) is 2. The van der Waals surface area contributed by atoms with Crippen molar-refractivity contribution in [3.8, 4) is 11.5 Å². The van der Waals surface area contributed by atoms with Crippen molar-refractivity contribution in [2.75, 3.05) is 6.61 Å². The van der Waals surface area contributed by atoms with E-state index in [-0.39, 0.29) is 22.7 Å². The Morgan fingerprint density at radius 2 is 1.81 bits per heavy atom. The van der Waals surface area contributed by atoms with Gasteiger partial charge in [0.15, 0.2) is 23.1 Å². The second-order valence-corrected chi connectivity index (χ2v) is 9.21. The third-order valence-corrected chi connectivity index (χ3v) is 6.35. The number of fused-ring (bicyclic) bond motifs is 2. The zero-order valence-corrected chi connectivity index (χ0v) is 17.9. The van der Waals surface area contributed by atoms with Gasteiger partial charge in [0.2, 0.25) is 0 Å². The minimum atomic E-state index is -0.491. The number of ether oxygens (including phenoxy) is 1. The summed E-state index contributed by atoms with van der Waals surface area (Å²) >= 11 is 0. The predicted octanol–water partition coefficient (Wildman–Crippen LogP) is 4.73. The van der Waals surface area contributed by atoms with Gasteiger partial charge in [-0.3, -0.25) is 9.59 Å². The summed E-state index contributed by atoms with van der Waals surface area (Å²) in [5.41, 5.74) is 5.09. The first kappa shape index (κ1) is 19.6. The van der Waals surface area contributed by atoms with Gasteiger partial charge in [0.1, 0.15) is 0 Å². The van der Waals surface area contributed by atoms with Crippen molar-refractivity contribution in [1.82, 2.24) is 5.32 Å². The van der Waals surface area contributed by atoms with Gasteiger partial charge in [-0.1, -0.05) is 44.2 Å². The van der Waals surface area contributed by atoms with Crippen molar-refractivity contribution < 1.29 is 19.4 Å². The quantitative estimate of drug-likeness (QED) is 0.758. The van der Waals surface area contributed by atoms with Crippen LogP contribution in [0, 0.1) is 5.41 Å². The topological polar surface area (TPSA) is 75.6 Å². The number of nitrogens with one attached hydrogen (secondary N) is 1. The van der Waals surface area contributed by atoms with E-state index in [9.17, 15) is 14.7 Å². The summed E-state index contributed by atoms with van der Waals surface area (Å²) in [6.45, 7) is 6.44. The molecular weight excluding hydrogens is 390 g/mol. The van der Waals surface area contributed by atoms with Crippen LogP contribution in [-0.2, 0) is 4.79 Å². The van der Waals surface area contributed by atoms with E-state index < -0.39 is 5.92 Å². The van der Waals surface area contributed by atoms with E-state index in [1.54, 1.807) is 18.2 Å². The minimum Gasteiger partial charge on any atom is -0.504 e. The Balaban J connectivity index is 1.74. The van der Waals surface area contributed by atoms with Crippen LogP contribution in [0.2, 0.25) is 0 Å². The van der Waals surface area contributed by atoms with Crippen molar-refractivity contribution in [2.45, 2.75) is 39.5 Å². The normalized spacial score (nSPS) is 21.5. The lowest BCUT2D eigenvalue weighted by Crippen LogP contribution is -2.37. The molecule has 2 aromatic rings. The predicted molar refractivity (Wildman–Crippen MR) is 118 cm³/mol. The molecule has 2 aromatic carbocycles. The van der Waals surface area contributed by atoms with E-state index in [2.05, 4.69) is 19.2 Å². The molecule has 5 rings (SSSR count). The molecule has 5 heteroatoms. The Labute approximate surface area is 181 Å². The lowest BCUT2D eigenvalue weighted by Gasteiger charge is -2.39. The highest BCUT2D eigenvalue weighted by Crippen LogP contribution is 2.51. The lowest BCUT2D eigenvalue weighted by molar-refractivity contribution is -0.118. The van der Waals surface area contributed by atoms with Crippen LogP contribution in [0.3, 0.4) is 0 Å². The molecule has 1 unspecified atom stereocenters. The van der Waals surface area contributed by atoms with Gasteiger partial charge in [0.05, 0.1) is 12.3 Å².